The Morgan fingerprint density at radius 3 is 2.17 bits per heavy atom. The minimum Gasteiger partial charge on any atom is -0.324 e. The number of aryl methyl sites for hydroxylation is 2. The second-order valence-electron chi connectivity index (χ2n) is 6.27. The lowest BCUT2D eigenvalue weighted by Crippen LogP contribution is -3.12. The van der Waals surface area contributed by atoms with Crippen molar-refractivity contribution in [2.75, 3.05) is 12.4 Å². The predicted octanol–water partition coefficient (Wildman–Crippen LogP) is 2.60. The largest absolute Gasteiger partial charge is 0.324 e. The Hall–Kier alpha value is -2.13. The topological polar surface area (TPSA) is 33.5 Å². The highest BCUT2D eigenvalue weighted by Crippen LogP contribution is 2.10. The monoisotopic (exact) mass is 311 g/mol. The molecule has 2 aromatic rings. The van der Waals surface area contributed by atoms with Gasteiger partial charge < -0.3 is 10.2 Å². The van der Waals surface area contributed by atoms with Gasteiger partial charge in [-0.15, -0.1) is 0 Å². The molecule has 2 rings (SSSR count). The third kappa shape index (κ3) is 4.93. The number of nitrogens with one attached hydrogen (secondary N) is 2. The molecule has 2 atom stereocenters. The van der Waals surface area contributed by atoms with Gasteiger partial charge in [0.15, 0.2) is 6.04 Å². The second kappa shape index (κ2) is 7.93. The van der Waals surface area contributed by atoms with Crippen molar-refractivity contribution in [3.05, 3.63) is 65.2 Å². The van der Waals surface area contributed by atoms with Crippen LogP contribution in [-0.4, -0.2) is 19.0 Å². The van der Waals surface area contributed by atoms with Gasteiger partial charge in [0.1, 0.15) is 6.54 Å². The Labute approximate surface area is 139 Å². The van der Waals surface area contributed by atoms with Crippen molar-refractivity contribution in [1.82, 2.24) is 0 Å². The SMILES string of the molecule is CCc1ccc(NC(=O)[C@H](C)[NH+](C)Cc2ccc(C)cc2)cc1. The zero-order chi connectivity index (χ0) is 16.8. The van der Waals surface area contributed by atoms with Crippen LogP contribution in [0.4, 0.5) is 5.69 Å². The van der Waals surface area contributed by atoms with Crippen molar-refractivity contribution in [3.8, 4) is 0 Å². The molecule has 0 aliphatic carbocycles. The maximum atomic E-state index is 12.4. The zero-order valence-electron chi connectivity index (χ0n) is 14.5. The van der Waals surface area contributed by atoms with Crippen molar-refractivity contribution in [2.45, 2.75) is 39.8 Å². The fourth-order valence-electron chi connectivity index (χ4n) is 2.48. The molecule has 122 valence electrons. The number of benzene rings is 2. The van der Waals surface area contributed by atoms with Gasteiger partial charge in [-0.05, 0) is 38.0 Å². The van der Waals surface area contributed by atoms with Crippen LogP contribution in [0.15, 0.2) is 48.5 Å². The van der Waals surface area contributed by atoms with Crippen LogP contribution in [0.1, 0.15) is 30.5 Å². The molecule has 0 aliphatic rings. The Balaban J connectivity index is 1.93. The average Bonchev–Trinajstić information content (AvgIpc) is 2.56. The summed E-state index contributed by atoms with van der Waals surface area (Å²) >= 11 is 0. The molecule has 0 saturated carbocycles. The quantitative estimate of drug-likeness (QED) is 0.845. The molecule has 1 amide bonds. The molecule has 3 heteroatoms. The highest BCUT2D eigenvalue weighted by atomic mass is 16.2. The fraction of sp³-hybridized carbons (Fsp3) is 0.350. The zero-order valence-corrected chi connectivity index (χ0v) is 14.5. The summed E-state index contributed by atoms with van der Waals surface area (Å²) in [6.07, 6.45) is 1.01. The molecule has 0 spiro atoms. The van der Waals surface area contributed by atoms with E-state index >= 15 is 0 Å². The van der Waals surface area contributed by atoms with Crippen molar-refractivity contribution in [2.24, 2.45) is 0 Å². The van der Waals surface area contributed by atoms with Crippen molar-refractivity contribution in [3.63, 3.8) is 0 Å². The van der Waals surface area contributed by atoms with E-state index in [2.05, 4.69) is 62.6 Å². The molecule has 0 bridgehead atoms. The lowest BCUT2D eigenvalue weighted by atomic mass is 10.1. The highest BCUT2D eigenvalue weighted by Gasteiger charge is 2.21. The molecule has 0 saturated heterocycles. The number of quaternary nitrogens is 1. The maximum absolute atomic E-state index is 12.4. The van der Waals surface area contributed by atoms with E-state index in [0.717, 1.165) is 18.7 Å². The van der Waals surface area contributed by atoms with Crippen molar-refractivity contribution < 1.29 is 9.69 Å². The summed E-state index contributed by atoms with van der Waals surface area (Å²) in [6.45, 7) is 7.02. The average molecular weight is 311 g/mol. The molecule has 0 heterocycles. The first-order chi connectivity index (χ1) is 11.0. The lowest BCUT2D eigenvalue weighted by Gasteiger charge is -2.21. The molecule has 0 aliphatic heterocycles. The molecule has 2 N–H and O–H groups in total. The third-order valence-electron chi connectivity index (χ3n) is 4.37. The van der Waals surface area contributed by atoms with Crippen LogP contribution in [0.25, 0.3) is 0 Å². The van der Waals surface area contributed by atoms with Gasteiger partial charge in [-0.1, -0.05) is 48.9 Å². The normalized spacial score (nSPS) is 13.4. The van der Waals surface area contributed by atoms with Crippen LogP contribution in [0.5, 0.6) is 0 Å². The number of hydrogen-bond acceptors (Lipinski definition) is 1. The van der Waals surface area contributed by atoms with Gasteiger partial charge in [0.25, 0.3) is 5.91 Å². The first-order valence-corrected chi connectivity index (χ1v) is 8.27. The minimum atomic E-state index is -0.109. The summed E-state index contributed by atoms with van der Waals surface area (Å²) in [7, 11) is 2.06. The van der Waals surface area contributed by atoms with E-state index in [-0.39, 0.29) is 11.9 Å². The van der Waals surface area contributed by atoms with Gasteiger partial charge >= 0.3 is 0 Å². The number of likely N-dealkylation sites (N-methyl/N-ethyl adjacent to an activating group) is 1. The fourth-order valence-corrected chi connectivity index (χ4v) is 2.48. The van der Waals surface area contributed by atoms with Crippen LogP contribution in [0, 0.1) is 6.92 Å². The van der Waals surface area contributed by atoms with E-state index in [1.807, 2.05) is 19.1 Å². The van der Waals surface area contributed by atoms with E-state index in [0.29, 0.717) is 0 Å². The molecular weight excluding hydrogens is 284 g/mol. The molecule has 23 heavy (non-hydrogen) atoms. The number of amides is 1. The van der Waals surface area contributed by atoms with E-state index in [9.17, 15) is 4.79 Å². The van der Waals surface area contributed by atoms with E-state index < -0.39 is 0 Å². The number of carbonyl (C=O) groups is 1. The summed E-state index contributed by atoms with van der Waals surface area (Å²) < 4.78 is 0. The summed E-state index contributed by atoms with van der Waals surface area (Å²) in [6, 6.07) is 16.4. The van der Waals surface area contributed by atoms with Gasteiger partial charge in [0.05, 0.1) is 7.05 Å². The summed E-state index contributed by atoms with van der Waals surface area (Å²) in [5.41, 5.74) is 4.65. The Morgan fingerprint density at radius 2 is 1.61 bits per heavy atom. The first-order valence-electron chi connectivity index (χ1n) is 8.27. The molecular formula is C20H27N2O+. The second-order valence-corrected chi connectivity index (χ2v) is 6.27. The van der Waals surface area contributed by atoms with Crippen LogP contribution < -0.4 is 10.2 Å². The molecule has 0 radical (unpaired) electrons. The first kappa shape index (κ1) is 17.2. The summed E-state index contributed by atoms with van der Waals surface area (Å²) in [4.78, 5) is 13.6. The van der Waals surface area contributed by atoms with Gasteiger partial charge in [0.2, 0.25) is 0 Å². The summed E-state index contributed by atoms with van der Waals surface area (Å²) in [5, 5.41) is 3.01. The number of hydrogen-bond donors (Lipinski definition) is 2. The van der Waals surface area contributed by atoms with E-state index in [1.54, 1.807) is 0 Å². The Bertz CT molecular complexity index is 632. The number of rotatable bonds is 6. The van der Waals surface area contributed by atoms with Crippen LogP contribution in [-0.2, 0) is 17.8 Å². The molecule has 0 fully saturated rings. The van der Waals surface area contributed by atoms with E-state index in [4.69, 9.17) is 0 Å². The van der Waals surface area contributed by atoms with Crippen LogP contribution in [0.3, 0.4) is 0 Å². The minimum absolute atomic E-state index is 0.0545. The van der Waals surface area contributed by atoms with Crippen LogP contribution in [0.2, 0.25) is 0 Å². The number of anilines is 1. The highest BCUT2D eigenvalue weighted by molar-refractivity contribution is 5.93. The smallest absolute Gasteiger partial charge is 0.282 e. The molecule has 2 aromatic carbocycles. The van der Waals surface area contributed by atoms with Gasteiger partial charge in [-0.3, -0.25) is 4.79 Å². The Kier molecular flexibility index (Phi) is 5.94. The maximum Gasteiger partial charge on any atom is 0.282 e. The molecule has 0 aromatic heterocycles. The van der Waals surface area contributed by atoms with Crippen LogP contribution >= 0.6 is 0 Å². The van der Waals surface area contributed by atoms with Crippen molar-refractivity contribution in [1.29, 1.82) is 0 Å². The van der Waals surface area contributed by atoms with Gasteiger partial charge in [-0.25, -0.2) is 0 Å². The van der Waals surface area contributed by atoms with E-state index in [1.165, 1.54) is 21.6 Å². The molecule has 1 unspecified atom stereocenters. The summed E-state index contributed by atoms with van der Waals surface area (Å²) in [5.74, 6) is 0.0545. The predicted molar refractivity (Wildman–Crippen MR) is 95.7 cm³/mol. The standard InChI is InChI=1S/C20H26N2O/c1-5-17-10-12-19(13-11-17)21-20(23)16(3)22(4)14-18-8-6-15(2)7-9-18/h6-13,16H,5,14H2,1-4H3,(H,21,23)/p+1/t16-/m0/s1. The third-order valence-corrected chi connectivity index (χ3v) is 4.37. The van der Waals surface area contributed by atoms with Gasteiger partial charge in [-0.2, -0.15) is 0 Å². The lowest BCUT2D eigenvalue weighted by molar-refractivity contribution is -0.907. The van der Waals surface area contributed by atoms with Crippen molar-refractivity contribution >= 4 is 11.6 Å². The van der Waals surface area contributed by atoms with Gasteiger partial charge in [0, 0.05) is 11.3 Å². The molecule has 3 nitrogen and oxygen atoms in total. The Morgan fingerprint density at radius 1 is 1.04 bits per heavy atom. The number of carbonyl (C=O) groups excluding carboxylic acids is 1.